The fraction of sp³-hybridized carbons (Fsp3) is 0.533. The van der Waals surface area contributed by atoms with E-state index >= 15 is 0 Å². The molecule has 3 atom stereocenters. The Morgan fingerprint density at radius 2 is 2.22 bits per heavy atom. The normalized spacial score (nSPS) is 35.3. The van der Waals surface area contributed by atoms with Gasteiger partial charge < -0.3 is 9.52 Å². The third-order valence-electron chi connectivity index (χ3n) is 4.69. The van der Waals surface area contributed by atoms with Gasteiger partial charge in [-0.15, -0.1) is 0 Å². The topological polar surface area (TPSA) is 50.4 Å². The van der Waals surface area contributed by atoms with Gasteiger partial charge in [0.1, 0.15) is 11.4 Å². The van der Waals surface area contributed by atoms with Crippen molar-refractivity contribution in [3.8, 4) is 0 Å². The van der Waals surface area contributed by atoms with E-state index in [0.29, 0.717) is 17.7 Å². The zero-order valence-corrected chi connectivity index (χ0v) is 10.8. The van der Waals surface area contributed by atoms with Gasteiger partial charge >= 0.3 is 0 Å². The van der Waals surface area contributed by atoms with Crippen molar-refractivity contribution in [3.05, 3.63) is 35.3 Å². The summed E-state index contributed by atoms with van der Waals surface area (Å²) in [5.41, 5.74) is 1.03. The summed E-state index contributed by atoms with van der Waals surface area (Å²) in [7, 11) is 0. The Hall–Kier alpha value is -1.35. The third kappa shape index (κ3) is 1.25. The summed E-state index contributed by atoms with van der Waals surface area (Å²) in [4.78, 5) is 12.7. The van der Waals surface area contributed by atoms with Crippen molar-refractivity contribution in [2.45, 2.75) is 38.7 Å². The molecule has 0 saturated heterocycles. The summed E-state index contributed by atoms with van der Waals surface area (Å²) in [5.74, 6) is 0.351. The van der Waals surface area contributed by atoms with Crippen molar-refractivity contribution in [1.82, 2.24) is 0 Å². The number of aryl methyl sites for hydroxylation is 1. The molecule has 0 aliphatic heterocycles. The van der Waals surface area contributed by atoms with Crippen molar-refractivity contribution >= 4 is 5.78 Å². The molecule has 0 bridgehead atoms. The van der Waals surface area contributed by atoms with Crippen molar-refractivity contribution in [2.75, 3.05) is 0 Å². The van der Waals surface area contributed by atoms with E-state index in [1.54, 1.807) is 6.26 Å². The van der Waals surface area contributed by atoms with Crippen LogP contribution in [0.15, 0.2) is 22.8 Å². The third-order valence-corrected chi connectivity index (χ3v) is 4.69. The van der Waals surface area contributed by atoms with Gasteiger partial charge in [-0.05, 0) is 31.2 Å². The van der Waals surface area contributed by atoms with Gasteiger partial charge in [-0.2, -0.15) is 0 Å². The number of hydrogen-bond acceptors (Lipinski definition) is 3. The van der Waals surface area contributed by atoms with Gasteiger partial charge in [0, 0.05) is 12.3 Å². The lowest BCUT2D eigenvalue weighted by Crippen LogP contribution is -2.46. The summed E-state index contributed by atoms with van der Waals surface area (Å²) in [6.07, 6.45) is 3.87. The molecule has 3 heteroatoms. The molecule has 2 aliphatic rings. The quantitative estimate of drug-likeness (QED) is 0.716. The lowest BCUT2D eigenvalue weighted by Gasteiger charge is -2.31. The Morgan fingerprint density at radius 1 is 1.50 bits per heavy atom. The average Bonchev–Trinajstić information content (AvgIpc) is 2.79. The monoisotopic (exact) mass is 246 g/mol. The van der Waals surface area contributed by atoms with Crippen LogP contribution < -0.4 is 0 Å². The van der Waals surface area contributed by atoms with Gasteiger partial charge in [-0.3, -0.25) is 4.79 Å². The first-order chi connectivity index (χ1) is 8.46. The highest BCUT2D eigenvalue weighted by Crippen LogP contribution is 2.49. The molecule has 1 aromatic heterocycles. The van der Waals surface area contributed by atoms with Crippen LogP contribution in [0.25, 0.3) is 0 Å². The van der Waals surface area contributed by atoms with E-state index in [1.807, 2.05) is 13.8 Å². The van der Waals surface area contributed by atoms with Gasteiger partial charge in [-0.25, -0.2) is 0 Å². The maximum Gasteiger partial charge on any atom is 0.199 e. The van der Waals surface area contributed by atoms with Crippen molar-refractivity contribution < 1.29 is 14.3 Å². The van der Waals surface area contributed by atoms with E-state index in [0.717, 1.165) is 24.0 Å². The lowest BCUT2D eigenvalue weighted by atomic mass is 9.77. The Kier molecular flexibility index (Phi) is 2.33. The fourth-order valence-electron chi connectivity index (χ4n) is 3.56. The van der Waals surface area contributed by atoms with Gasteiger partial charge in [-0.1, -0.05) is 19.1 Å². The van der Waals surface area contributed by atoms with Gasteiger partial charge in [0.05, 0.1) is 11.8 Å². The molecule has 3 rings (SSSR count). The largest absolute Gasteiger partial charge is 0.468 e. The minimum absolute atomic E-state index is 0.0213. The molecular formula is C15H18O3. The molecular weight excluding hydrogens is 228 g/mol. The number of furan rings is 1. The minimum Gasteiger partial charge on any atom is -0.468 e. The number of rotatable bonds is 0. The number of carbonyl (C=O) groups excluding carboxylic acids is 1. The zero-order chi connectivity index (χ0) is 13.1. The van der Waals surface area contributed by atoms with Gasteiger partial charge in [0.2, 0.25) is 0 Å². The molecule has 1 saturated carbocycles. The zero-order valence-electron chi connectivity index (χ0n) is 10.8. The molecule has 1 N–H and O–H groups in total. The van der Waals surface area contributed by atoms with Crippen molar-refractivity contribution in [2.24, 2.45) is 11.8 Å². The summed E-state index contributed by atoms with van der Waals surface area (Å²) in [6, 6.07) is 0. The first-order valence-electron chi connectivity index (χ1n) is 6.48. The van der Waals surface area contributed by atoms with Crippen LogP contribution in [0.3, 0.4) is 0 Å². The predicted octanol–water partition coefficient (Wildman–Crippen LogP) is 2.66. The van der Waals surface area contributed by atoms with Crippen LogP contribution in [0.2, 0.25) is 0 Å². The van der Waals surface area contributed by atoms with Crippen LogP contribution in [0, 0.1) is 18.8 Å². The summed E-state index contributed by atoms with van der Waals surface area (Å²) < 4.78 is 5.46. The van der Waals surface area contributed by atoms with Crippen LogP contribution in [0.1, 0.15) is 41.4 Å². The van der Waals surface area contributed by atoms with E-state index in [9.17, 15) is 9.90 Å². The van der Waals surface area contributed by atoms with E-state index < -0.39 is 5.60 Å². The maximum absolute atomic E-state index is 12.7. The Bertz CT molecular complexity index is 540. The molecule has 0 amide bonds. The number of aliphatic hydroxyl groups is 1. The van der Waals surface area contributed by atoms with E-state index in [1.165, 1.54) is 0 Å². The predicted molar refractivity (Wildman–Crippen MR) is 67.5 cm³/mol. The van der Waals surface area contributed by atoms with Crippen molar-refractivity contribution in [3.63, 3.8) is 0 Å². The highest BCUT2D eigenvalue weighted by molar-refractivity contribution is 6.05. The smallest absolute Gasteiger partial charge is 0.199 e. The van der Waals surface area contributed by atoms with Crippen LogP contribution in [0.5, 0.6) is 0 Å². The van der Waals surface area contributed by atoms with Gasteiger partial charge in [0.15, 0.2) is 5.78 Å². The standard InChI is InChI=1S/C15H18O3/c1-8-6-12-13(9(2)7-18-12)14(16)15(17)10(3)4-5-11(8)15/h7,10-11,17H,1,4-6H2,2-3H3/t10-,11-,15-/m0/s1. The Labute approximate surface area is 106 Å². The second-order valence-corrected chi connectivity index (χ2v) is 5.74. The van der Waals surface area contributed by atoms with E-state index in [4.69, 9.17) is 4.42 Å². The molecule has 3 nitrogen and oxygen atoms in total. The first-order valence-corrected chi connectivity index (χ1v) is 6.48. The number of ketones is 1. The summed E-state index contributed by atoms with van der Waals surface area (Å²) in [6.45, 7) is 7.87. The second kappa shape index (κ2) is 3.58. The molecule has 18 heavy (non-hydrogen) atoms. The summed E-state index contributed by atoms with van der Waals surface area (Å²) >= 11 is 0. The maximum atomic E-state index is 12.7. The first kappa shape index (κ1) is 11.7. The lowest BCUT2D eigenvalue weighted by molar-refractivity contribution is -0.00278. The Balaban J connectivity index is 2.22. The highest BCUT2D eigenvalue weighted by atomic mass is 16.3. The van der Waals surface area contributed by atoms with Gasteiger partial charge in [0.25, 0.3) is 0 Å². The molecule has 0 aromatic carbocycles. The fourth-order valence-corrected chi connectivity index (χ4v) is 3.56. The second-order valence-electron chi connectivity index (χ2n) is 5.74. The van der Waals surface area contributed by atoms with Crippen LogP contribution in [-0.2, 0) is 6.42 Å². The average molecular weight is 246 g/mol. The van der Waals surface area contributed by atoms with E-state index in [2.05, 4.69) is 6.58 Å². The molecule has 96 valence electrons. The molecule has 2 aliphatic carbocycles. The summed E-state index contributed by atoms with van der Waals surface area (Å²) in [5, 5.41) is 10.9. The Morgan fingerprint density at radius 3 is 2.94 bits per heavy atom. The number of hydrogen-bond donors (Lipinski definition) is 1. The SMILES string of the molecule is C=C1Cc2occ(C)c2C(=O)[C@]2(O)[C@@H](C)CC[C@@H]12. The van der Waals surface area contributed by atoms with Crippen molar-refractivity contribution in [1.29, 1.82) is 0 Å². The highest BCUT2D eigenvalue weighted by Gasteiger charge is 2.55. The molecule has 0 radical (unpaired) electrons. The molecule has 1 fully saturated rings. The molecule has 1 aromatic rings. The number of fused-ring (bicyclic) bond motifs is 2. The molecule has 1 heterocycles. The van der Waals surface area contributed by atoms with Crippen LogP contribution >= 0.6 is 0 Å². The molecule has 0 unspecified atom stereocenters. The number of carbonyl (C=O) groups is 1. The van der Waals surface area contributed by atoms with E-state index in [-0.39, 0.29) is 17.6 Å². The number of Topliss-reactive ketones (excluding diaryl/α,β-unsaturated/α-hetero) is 1. The van der Waals surface area contributed by atoms with Crippen LogP contribution in [-0.4, -0.2) is 16.5 Å². The minimum atomic E-state index is -1.28. The van der Waals surface area contributed by atoms with Crippen LogP contribution in [0.4, 0.5) is 0 Å². The molecule has 0 spiro atoms.